The SMILES string of the molecule is Cc1cc(-c2cnc(OCC3CCN(CC(F)(F)C(F)(F)F)CC3)cn2)ccc1C(=O)N1CCCC1C(N)=O. The Morgan fingerprint density at radius 2 is 1.77 bits per heavy atom. The van der Waals surface area contributed by atoms with Crippen LogP contribution in [0.2, 0.25) is 0 Å². The van der Waals surface area contributed by atoms with Gasteiger partial charge < -0.3 is 15.4 Å². The number of aryl methyl sites for hydroxylation is 1. The fourth-order valence-corrected chi connectivity index (χ4v) is 4.95. The van der Waals surface area contributed by atoms with Gasteiger partial charge in [-0.1, -0.05) is 6.07 Å². The van der Waals surface area contributed by atoms with Crippen LogP contribution in [0.1, 0.15) is 41.6 Å². The maximum atomic E-state index is 13.3. The highest BCUT2D eigenvalue weighted by Gasteiger charge is 2.58. The first-order chi connectivity index (χ1) is 18.4. The van der Waals surface area contributed by atoms with Crippen molar-refractivity contribution >= 4 is 11.8 Å². The zero-order valence-electron chi connectivity index (χ0n) is 21.4. The Morgan fingerprint density at radius 1 is 1.05 bits per heavy atom. The van der Waals surface area contributed by atoms with Gasteiger partial charge in [0.1, 0.15) is 6.04 Å². The topological polar surface area (TPSA) is 102 Å². The Bertz CT molecular complexity index is 1180. The highest BCUT2D eigenvalue weighted by atomic mass is 19.4. The van der Waals surface area contributed by atoms with E-state index in [0.717, 1.165) is 16.9 Å². The number of nitrogens with zero attached hydrogens (tertiary/aromatic N) is 4. The van der Waals surface area contributed by atoms with Crippen LogP contribution in [0.15, 0.2) is 30.6 Å². The average Bonchev–Trinajstić information content (AvgIpc) is 3.38. The number of hydrogen-bond donors (Lipinski definition) is 1. The van der Waals surface area contributed by atoms with Gasteiger partial charge in [-0.25, -0.2) is 9.97 Å². The molecule has 212 valence electrons. The number of primary amides is 1. The smallest absolute Gasteiger partial charge is 0.454 e. The van der Waals surface area contributed by atoms with Crippen molar-refractivity contribution < 1.29 is 36.3 Å². The van der Waals surface area contributed by atoms with Crippen molar-refractivity contribution in [2.45, 2.75) is 50.7 Å². The summed E-state index contributed by atoms with van der Waals surface area (Å²) in [6, 6.07) is 4.65. The van der Waals surface area contributed by atoms with Crippen molar-refractivity contribution in [1.29, 1.82) is 0 Å². The van der Waals surface area contributed by atoms with Gasteiger partial charge in [0.25, 0.3) is 5.91 Å². The summed E-state index contributed by atoms with van der Waals surface area (Å²) in [5.41, 5.74) is 7.92. The summed E-state index contributed by atoms with van der Waals surface area (Å²) >= 11 is 0. The van der Waals surface area contributed by atoms with E-state index in [-0.39, 0.29) is 37.4 Å². The second kappa shape index (κ2) is 11.4. The molecule has 8 nitrogen and oxygen atoms in total. The number of carbonyl (C=O) groups excluding carboxylic acids is 2. The second-order valence-electron chi connectivity index (χ2n) is 10.1. The molecule has 13 heteroatoms. The number of amides is 2. The standard InChI is InChI=1S/C26H30F5N5O3/c1-16-11-18(4-5-19(16)24(38)36-8-2-3-21(36)23(32)37)20-12-34-22(13-33-20)39-14-17-6-9-35(10-7-17)15-25(27,28)26(29,30)31/h4-5,11-13,17,21H,2-3,6-10,14-15H2,1H3,(H2,32,37). The number of likely N-dealkylation sites (tertiary alicyclic amines) is 2. The van der Waals surface area contributed by atoms with Crippen molar-refractivity contribution in [3.8, 4) is 17.1 Å². The number of benzene rings is 1. The van der Waals surface area contributed by atoms with E-state index in [1.165, 1.54) is 17.3 Å². The van der Waals surface area contributed by atoms with Crippen LogP contribution in [0, 0.1) is 12.8 Å². The van der Waals surface area contributed by atoms with Crippen LogP contribution in [0.5, 0.6) is 5.88 Å². The van der Waals surface area contributed by atoms with E-state index >= 15 is 0 Å². The Hall–Kier alpha value is -3.35. The van der Waals surface area contributed by atoms with Gasteiger partial charge in [0.15, 0.2) is 0 Å². The molecule has 1 aromatic carbocycles. The summed E-state index contributed by atoms with van der Waals surface area (Å²) in [6.07, 6.45) is -0.438. The van der Waals surface area contributed by atoms with Crippen molar-refractivity contribution in [3.05, 3.63) is 41.7 Å². The van der Waals surface area contributed by atoms with Gasteiger partial charge in [-0.3, -0.25) is 14.5 Å². The molecule has 3 heterocycles. The van der Waals surface area contributed by atoms with E-state index in [1.807, 2.05) is 6.07 Å². The summed E-state index contributed by atoms with van der Waals surface area (Å²) < 4.78 is 69.5. The van der Waals surface area contributed by atoms with Crippen molar-refractivity contribution in [1.82, 2.24) is 19.8 Å². The molecule has 2 fully saturated rings. The van der Waals surface area contributed by atoms with Gasteiger partial charge in [0, 0.05) is 17.7 Å². The Balaban J connectivity index is 1.29. The summed E-state index contributed by atoms with van der Waals surface area (Å²) in [5.74, 6) is -5.22. The molecule has 2 aliphatic heterocycles. The lowest BCUT2D eigenvalue weighted by Crippen LogP contribution is -2.49. The predicted molar refractivity (Wildman–Crippen MR) is 131 cm³/mol. The van der Waals surface area contributed by atoms with E-state index in [1.54, 1.807) is 19.1 Å². The van der Waals surface area contributed by atoms with Crippen LogP contribution in [0.4, 0.5) is 22.0 Å². The number of aromatic nitrogens is 2. The van der Waals surface area contributed by atoms with Gasteiger partial charge in [0.2, 0.25) is 11.8 Å². The molecule has 0 radical (unpaired) electrons. The Labute approximate surface area is 222 Å². The third-order valence-electron chi connectivity index (χ3n) is 7.23. The monoisotopic (exact) mass is 555 g/mol. The molecular formula is C26H30F5N5O3. The molecule has 1 unspecified atom stereocenters. The molecular weight excluding hydrogens is 525 g/mol. The van der Waals surface area contributed by atoms with E-state index < -0.39 is 30.6 Å². The number of piperidine rings is 1. The highest BCUT2D eigenvalue weighted by molar-refractivity contribution is 5.99. The highest BCUT2D eigenvalue weighted by Crippen LogP contribution is 2.36. The van der Waals surface area contributed by atoms with Crippen LogP contribution in [-0.2, 0) is 4.79 Å². The average molecular weight is 556 g/mol. The molecule has 4 rings (SSSR count). The molecule has 0 aliphatic carbocycles. The van der Waals surface area contributed by atoms with Gasteiger partial charge in [-0.2, -0.15) is 22.0 Å². The summed E-state index contributed by atoms with van der Waals surface area (Å²) in [5, 5.41) is 0. The van der Waals surface area contributed by atoms with Crippen molar-refractivity contribution in [2.24, 2.45) is 11.7 Å². The lowest BCUT2D eigenvalue weighted by atomic mass is 9.97. The first-order valence-electron chi connectivity index (χ1n) is 12.7. The van der Waals surface area contributed by atoms with E-state index in [4.69, 9.17) is 10.5 Å². The van der Waals surface area contributed by atoms with E-state index in [2.05, 4.69) is 9.97 Å². The first kappa shape index (κ1) is 28.7. The van der Waals surface area contributed by atoms with Crippen LogP contribution in [0.3, 0.4) is 0 Å². The fraction of sp³-hybridized carbons (Fsp3) is 0.538. The molecule has 2 saturated heterocycles. The molecule has 39 heavy (non-hydrogen) atoms. The summed E-state index contributed by atoms with van der Waals surface area (Å²) in [7, 11) is 0. The molecule has 1 aromatic heterocycles. The predicted octanol–water partition coefficient (Wildman–Crippen LogP) is 3.83. The zero-order chi connectivity index (χ0) is 28.4. The normalized spacial score (nSPS) is 19.3. The Morgan fingerprint density at radius 3 is 2.36 bits per heavy atom. The maximum absolute atomic E-state index is 13.3. The first-order valence-corrected chi connectivity index (χ1v) is 12.7. The van der Waals surface area contributed by atoms with Crippen LogP contribution in [0.25, 0.3) is 11.3 Å². The van der Waals surface area contributed by atoms with Crippen molar-refractivity contribution in [3.63, 3.8) is 0 Å². The summed E-state index contributed by atoms with van der Waals surface area (Å²) in [6.45, 7) is 1.44. The van der Waals surface area contributed by atoms with Crippen LogP contribution < -0.4 is 10.5 Å². The number of nitrogens with two attached hydrogens (primary N) is 1. The van der Waals surface area contributed by atoms with Gasteiger partial charge in [-0.05, 0) is 69.3 Å². The quantitative estimate of drug-likeness (QED) is 0.497. The largest absolute Gasteiger partial charge is 0.476 e. The van der Waals surface area contributed by atoms with Crippen LogP contribution in [-0.4, -0.2) is 82.5 Å². The molecule has 1 atom stereocenters. The van der Waals surface area contributed by atoms with Gasteiger partial charge >= 0.3 is 12.1 Å². The molecule has 2 amide bonds. The van der Waals surface area contributed by atoms with Crippen LogP contribution >= 0.6 is 0 Å². The molecule has 0 saturated carbocycles. The third kappa shape index (κ3) is 6.63. The number of rotatable bonds is 8. The second-order valence-corrected chi connectivity index (χ2v) is 10.1. The Kier molecular flexibility index (Phi) is 8.38. The number of alkyl halides is 5. The van der Waals surface area contributed by atoms with E-state index in [9.17, 15) is 31.5 Å². The summed E-state index contributed by atoms with van der Waals surface area (Å²) in [4.78, 5) is 35.9. The fourth-order valence-electron chi connectivity index (χ4n) is 4.95. The minimum atomic E-state index is -5.56. The third-order valence-corrected chi connectivity index (χ3v) is 7.23. The van der Waals surface area contributed by atoms with Gasteiger partial charge in [0.05, 0.1) is 31.2 Å². The number of halogens is 5. The minimum Gasteiger partial charge on any atom is -0.476 e. The molecule has 0 spiro atoms. The number of ether oxygens (including phenoxy) is 1. The minimum absolute atomic E-state index is 0.000245. The lowest BCUT2D eigenvalue weighted by Gasteiger charge is -2.34. The molecule has 0 bridgehead atoms. The number of hydrogen-bond acceptors (Lipinski definition) is 6. The zero-order valence-corrected chi connectivity index (χ0v) is 21.4. The molecule has 2 N–H and O–H groups in total. The van der Waals surface area contributed by atoms with E-state index in [0.29, 0.717) is 42.6 Å². The van der Waals surface area contributed by atoms with Crippen molar-refractivity contribution in [2.75, 3.05) is 32.8 Å². The molecule has 2 aromatic rings. The molecule has 2 aliphatic rings. The van der Waals surface area contributed by atoms with Gasteiger partial charge in [-0.15, -0.1) is 0 Å². The lowest BCUT2D eigenvalue weighted by molar-refractivity contribution is -0.287. The maximum Gasteiger partial charge on any atom is 0.454 e. The number of carbonyl (C=O) groups is 2.